The number of hydrogen-bond acceptors (Lipinski definition) is 7. The summed E-state index contributed by atoms with van der Waals surface area (Å²) in [5.41, 5.74) is 4.66. The summed E-state index contributed by atoms with van der Waals surface area (Å²) in [6.07, 6.45) is 0.279. The zero-order chi connectivity index (χ0) is 24.8. The van der Waals surface area contributed by atoms with Gasteiger partial charge in [-0.05, 0) is 22.3 Å². The Bertz CT molecular complexity index is 1190. The number of hydrogen-bond donors (Lipinski definition) is 4. The molecule has 3 aromatic rings. The van der Waals surface area contributed by atoms with Crippen LogP contribution < -0.4 is 10.6 Å². The molecule has 35 heavy (non-hydrogen) atoms. The third-order valence-corrected chi connectivity index (χ3v) is 5.61. The molecule has 2 aromatic carbocycles. The van der Waals surface area contributed by atoms with E-state index in [1.165, 1.54) is 12.4 Å². The molecule has 1 heterocycles. The lowest BCUT2D eigenvalue weighted by molar-refractivity contribution is -0.139. The van der Waals surface area contributed by atoms with Crippen molar-refractivity contribution in [1.82, 2.24) is 20.6 Å². The van der Waals surface area contributed by atoms with E-state index in [-0.39, 0.29) is 37.0 Å². The molecule has 4 N–H and O–H groups in total. The molecule has 10 nitrogen and oxygen atoms in total. The highest BCUT2D eigenvalue weighted by Crippen LogP contribution is 2.44. The molecular weight excluding hydrogens is 452 g/mol. The SMILES string of the molecule is O=C(O)CC(O)CNC(=O)c1cnc(CNC(=O)OCC2c3ccccc3-c3ccccc32)nc1. The summed E-state index contributed by atoms with van der Waals surface area (Å²) < 4.78 is 5.47. The predicted octanol–water partition coefficient (Wildman–Crippen LogP) is 2.08. The van der Waals surface area contributed by atoms with E-state index in [0.717, 1.165) is 22.3 Å². The Morgan fingerprint density at radius 1 is 0.943 bits per heavy atom. The van der Waals surface area contributed by atoms with Crippen molar-refractivity contribution >= 4 is 18.0 Å². The smallest absolute Gasteiger partial charge is 0.407 e. The Balaban J connectivity index is 1.26. The number of aliphatic carboxylic acids is 1. The molecular formula is C25H24N4O6. The van der Waals surface area contributed by atoms with Crippen molar-refractivity contribution in [2.24, 2.45) is 0 Å². The summed E-state index contributed by atoms with van der Waals surface area (Å²) in [6.45, 7) is -0.0142. The maximum Gasteiger partial charge on any atom is 0.407 e. The van der Waals surface area contributed by atoms with Crippen molar-refractivity contribution < 1.29 is 29.3 Å². The molecule has 10 heteroatoms. The Kier molecular flexibility index (Phi) is 7.32. The van der Waals surface area contributed by atoms with E-state index in [2.05, 4.69) is 32.7 Å². The van der Waals surface area contributed by atoms with Crippen LogP contribution in [0.3, 0.4) is 0 Å². The normalized spacial score (nSPS) is 12.8. The Morgan fingerprint density at radius 3 is 2.14 bits per heavy atom. The average molecular weight is 476 g/mol. The van der Waals surface area contributed by atoms with Gasteiger partial charge in [0.05, 0.1) is 24.6 Å². The number of nitrogens with zero attached hydrogens (tertiary/aromatic N) is 2. The number of fused-ring (bicyclic) bond motifs is 3. The molecule has 1 aliphatic carbocycles. The number of carboxylic acids is 1. The highest BCUT2D eigenvalue weighted by molar-refractivity contribution is 5.93. The van der Waals surface area contributed by atoms with Gasteiger partial charge in [0.2, 0.25) is 0 Å². The van der Waals surface area contributed by atoms with Crippen LogP contribution in [0.4, 0.5) is 4.79 Å². The molecule has 0 bridgehead atoms. The lowest BCUT2D eigenvalue weighted by Gasteiger charge is -2.14. The number of carbonyl (C=O) groups is 3. The molecule has 2 amide bonds. The van der Waals surface area contributed by atoms with Crippen molar-refractivity contribution in [3.63, 3.8) is 0 Å². The number of carboxylic acid groups (broad SMARTS) is 1. The van der Waals surface area contributed by atoms with E-state index in [1.807, 2.05) is 36.4 Å². The van der Waals surface area contributed by atoms with Crippen LogP contribution in [0.25, 0.3) is 11.1 Å². The molecule has 1 unspecified atom stereocenters. The Morgan fingerprint density at radius 2 is 1.54 bits per heavy atom. The fourth-order valence-electron chi connectivity index (χ4n) is 3.95. The number of benzene rings is 2. The van der Waals surface area contributed by atoms with Gasteiger partial charge >= 0.3 is 12.1 Å². The van der Waals surface area contributed by atoms with Crippen molar-refractivity contribution in [1.29, 1.82) is 0 Å². The lowest BCUT2D eigenvalue weighted by Crippen LogP contribution is -2.33. The third-order valence-electron chi connectivity index (χ3n) is 5.61. The Labute approximate surface area is 201 Å². The van der Waals surface area contributed by atoms with Crippen LogP contribution in [0.5, 0.6) is 0 Å². The molecule has 1 aliphatic rings. The number of carbonyl (C=O) groups excluding carboxylic acids is 2. The van der Waals surface area contributed by atoms with Crippen molar-refractivity contribution in [3.05, 3.63) is 83.4 Å². The first kappa shape index (κ1) is 23.8. The van der Waals surface area contributed by atoms with Crippen molar-refractivity contribution in [2.45, 2.75) is 25.0 Å². The molecule has 0 spiro atoms. The number of alkyl carbamates (subject to hydrolysis) is 1. The van der Waals surface area contributed by atoms with E-state index < -0.39 is 30.5 Å². The molecule has 1 aromatic heterocycles. The van der Waals surface area contributed by atoms with Crippen molar-refractivity contribution in [2.75, 3.05) is 13.2 Å². The zero-order valence-corrected chi connectivity index (χ0v) is 18.7. The quantitative estimate of drug-likeness (QED) is 0.367. The van der Waals surface area contributed by atoms with Gasteiger partial charge in [-0.1, -0.05) is 48.5 Å². The topological polar surface area (TPSA) is 151 Å². The maximum absolute atomic E-state index is 12.3. The number of ether oxygens (including phenoxy) is 1. The van der Waals surface area contributed by atoms with Gasteiger partial charge in [-0.25, -0.2) is 14.8 Å². The fraction of sp³-hybridized carbons (Fsp3) is 0.240. The van der Waals surface area contributed by atoms with Crippen molar-refractivity contribution in [3.8, 4) is 11.1 Å². The number of aliphatic hydroxyl groups excluding tert-OH is 1. The van der Waals surface area contributed by atoms with E-state index in [4.69, 9.17) is 9.84 Å². The Hall–Kier alpha value is -4.31. The molecule has 0 fully saturated rings. The lowest BCUT2D eigenvalue weighted by atomic mass is 9.98. The third kappa shape index (κ3) is 5.79. The van der Waals surface area contributed by atoms with Gasteiger partial charge in [-0.15, -0.1) is 0 Å². The van der Waals surface area contributed by atoms with Gasteiger partial charge in [0.15, 0.2) is 0 Å². The summed E-state index contributed by atoms with van der Waals surface area (Å²) in [5.74, 6) is -1.48. The number of rotatable bonds is 9. The molecule has 4 rings (SSSR count). The van der Waals surface area contributed by atoms with Crippen LogP contribution in [-0.4, -0.2) is 57.4 Å². The summed E-state index contributed by atoms with van der Waals surface area (Å²) >= 11 is 0. The highest BCUT2D eigenvalue weighted by atomic mass is 16.5. The van der Waals surface area contributed by atoms with Gasteiger partial charge < -0.3 is 25.6 Å². The van der Waals surface area contributed by atoms with E-state index >= 15 is 0 Å². The van der Waals surface area contributed by atoms with Crippen LogP contribution in [0.2, 0.25) is 0 Å². The first-order chi connectivity index (χ1) is 16.9. The largest absolute Gasteiger partial charge is 0.481 e. The molecule has 0 radical (unpaired) electrons. The zero-order valence-electron chi connectivity index (χ0n) is 18.7. The number of nitrogens with one attached hydrogen (secondary N) is 2. The monoisotopic (exact) mass is 476 g/mol. The molecule has 180 valence electrons. The van der Waals surface area contributed by atoms with E-state index in [9.17, 15) is 19.5 Å². The van der Waals surface area contributed by atoms with Gasteiger partial charge in [-0.2, -0.15) is 0 Å². The van der Waals surface area contributed by atoms with Crippen LogP contribution in [-0.2, 0) is 16.1 Å². The first-order valence-corrected chi connectivity index (χ1v) is 11.0. The van der Waals surface area contributed by atoms with Crippen LogP contribution in [0.15, 0.2) is 60.9 Å². The standard InChI is InChI=1S/C25H24N4O6/c30-16(9-23(31)32)12-28-24(33)15-10-26-22(27-11-15)13-29-25(34)35-14-21-19-7-3-1-5-17(19)18-6-2-4-8-20(18)21/h1-8,10-11,16,21,30H,9,12-14H2,(H,28,33)(H,29,34)(H,31,32). The minimum Gasteiger partial charge on any atom is -0.481 e. The number of amides is 2. The van der Waals surface area contributed by atoms with Crippen LogP contribution >= 0.6 is 0 Å². The second-order valence-electron chi connectivity index (χ2n) is 8.03. The predicted molar refractivity (Wildman–Crippen MR) is 125 cm³/mol. The molecule has 0 saturated heterocycles. The number of aliphatic hydroxyl groups is 1. The molecule has 1 atom stereocenters. The average Bonchev–Trinajstić information content (AvgIpc) is 3.18. The summed E-state index contributed by atoms with van der Waals surface area (Å²) in [6, 6.07) is 16.1. The summed E-state index contributed by atoms with van der Waals surface area (Å²) in [5, 5.41) is 23.1. The maximum atomic E-state index is 12.3. The van der Waals surface area contributed by atoms with Gasteiger partial charge in [-0.3, -0.25) is 9.59 Å². The van der Waals surface area contributed by atoms with Gasteiger partial charge in [0, 0.05) is 24.9 Å². The van der Waals surface area contributed by atoms with E-state index in [1.54, 1.807) is 0 Å². The molecule has 0 aliphatic heterocycles. The first-order valence-electron chi connectivity index (χ1n) is 11.0. The van der Waals surface area contributed by atoms with Crippen LogP contribution in [0.1, 0.15) is 39.6 Å². The fourth-order valence-corrected chi connectivity index (χ4v) is 3.95. The summed E-state index contributed by atoms with van der Waals surface area (Å²) in [4.78, 5) is 43.0. The minimum atomic E-state index is -1.20. The second kappa shape index (κ2) is 10.7. The highest BCUT2D eigenvalue weighted by Gasteiger charge is 2.29. The number of aromatic nitrogens is 2. The van der Waals surface area contributed by atoms with E-state index in [0.29, 0.717) is 0 Å². The second-order valence-corrected chi connectivity index (χ2v) is 8.03. The molecule has 0 saturated carbocycles. The van der Waals surface area contributed by atoms with Gasteiger partial charge in [0.1, 0.15) is 12.4 Å². The minimum absolute atomic E-state index is 0.00982. The van der Waals surface area contributed by atoms with Crippen LogP contribution in [0, 0.1) is 0 Å². The van der Waals surface area contributed by atoms with Gasteiger partial charge in [0.25, 0.3) is 5.91 Å². The summed E-state index contributed by atoms with van der Waals surface area (Å²) in [7, 11) is 0.